The van der Waals surface area contributed by atoms with Gasteiger partial charge in [0.2, 0.25) is 5.91 Å². The van der Waals surface area contributed by atoms with Gasteiger partial charge in [0, 0.05) is 34.5 Å². The van der Waals surface area contributed by atoms with E-state index in [9.17, 15) is 36.9 Å². The molecule has 13 heteroatoms. The molecule has 9 nitrogen and oxygen atoms in total. The second-order valence-electron chi connectivity index (χ2n) is 8.21. The fourth-order valence-corrected chi connectivity index (χ4v) is 6.88. The van der Waals surface area contributed by atoms with Crippen molar-refractivity contribution in [2.24, 2.45) is 0 Å². The summed E-state index contributed by atoms with van der Waals surface area (Å²) in [6.45, 7) is -0.179. The molecule has 1 spiro atoms. The number of sulfone groups is 1. The van der Waals surface area contributed by atoms with Crippen LogP contribution in [0.4, 0.5) is 25.8 Å². The first-order chi connectivity index (χ1) is 17.0. The molecule has 0 radical (unpaired) electrons. The van der Waals surface area contributed by atoms with Crippen molar-refractivity contribution in [1.82, 2.24) is 0 Å². The summed E-state index contributed by atoms with van der Waals surface area (Å²) in [5.41, 5.74) is -0.727. The second-order valence-corrected chi connectivity index (χ2v) is 10.8. The summed E-state index contributed by atoms with van der Waals surface area (Å²) in [6, 6.07) is 11.9. The van der Waals surface area contributed by atoms with Gasteiger partial charge in [-0.25, -0.2) is 17.2 Å². The van der Waals surface area contributed by atoms with Crippen molar-refractivity contribution in [3.8, 4) is 0 Å². The number of fused-ring (bicyclic) bond motifs is 2. The zero-order chi connectivity index (χ0) is 26.0. The second kappa shape index (κ2) is 8.07. The normalized spacial score (nSPS) is 20.3. The van der Waals surface area contributed by atoms with Gasteiger partial charge in [0.15, 0.2) is 21.5 Å². The van der Waals surface area contributed by atoms with E-state index < -0.39 is 60.2 Å². The van der Waals surface area contributed by atoms with Crippen molar-refractivity contribution in [2.45, 2.75) is 11.4 Å². The van der Waals surface area contributed by atoms with Gasteiger partial charge in [0.25, 0.3) is 16.5 Å². The molecule has 0 aromatic heterocycles. The smallest absolute Gasteiger partial charge is 0.274 e. The maximum Gasteiger partial charge on any atom is 0.274 e. The van der Waals surface area contributed by atoms with Gasteiger partial charge in [0.05, 0.1) is 17.2 Å². The van der Waals surface area contributed by atoms with E-state index in [0.29, 0.717) is 27.6 Å². The van der Waals surface area contributed by atoms with Crippen molar-refractivity contribution in [2.75, 3.05) is 15.6 Å². The lowest BCUT2D eigenvalue weighted by Gasteiger charge is -2.32. The molecule has 1 atom stereocenters. The number of rotatable bonds is 4. The van der Waals surface area contributed by atoms with Crippen LogP contribution in [-0.2, 0) is 30.8 Å². The van der Waals surface area contributed by atoms with E-state index in [1.807, 2.05) is 0 Å². The van der Waals surface area contributed by atoms with Gasteiger partial charge >= 0.3 is 0 Å². The highest BCUT2D eigenvalue weighted by Gasteiger charge is 2.70. The van der Waals surface area contributed by atoms with Crippen molar-refractivity contribution in [3.63, 3.8) is 0 Å². The molecule has 36 heavy (non-hydrogen) atoms. The quantitative estimate of drug-likeness (QED) is 0.373. The first kappa shape index (κ1) is 23.8. The minimum Gasteiger partial charge on any atom is -0.304 e. The lowest BCUT2D eigenvalue weighted by Crippen LogP contribution is -2.54. The Labute approximate surface area is 207 Å². The van der Waals surface area contributed by atoms with Crippen LogP contribution < -0.4 is 9.80 Å². The summed E-state index contributed by atoms with van der Waals surface area (Å²) < 4.78 is 54.9. The Hall–Kier alpha value is -3.90. The van der Waals surface area contributed by atoms with Crippen molar-refractivity contribution < 1.29 is 31.7 Å². The van der Waals surface area contributed by atoms with E-state index in [1.165, 1.54) is 6.07 Å². The molecule has 3 aromatic rings. The number of carbonyl (C=O) groups is 2. The summed E-state index contributed by atoms with van der Waals surface area (Å²) >= 11 is 6.05. The SMILES string of the molecule is O=C1CS(=O)(=O)[C@]2(C(=O)N(Cc3cccc(Cl)c3)c3ccc([N+](=O)[O-])cc32)N1c1ccc(F)c(F)c1. The highest BCUT2D eigenvalue weighted by atomic mass is 35.5. The van der Waals surface area contributed by atoms with E-state index in [0.717, 1.165) is 23.1 Å². The number of hydrogen-bond donors (Lipinski definition) is 0. The van der Waals surface area contributed by atoms with Gasteiger partial charge < -0.3 is 4.90 Å². The van der Waals surface area contributed by atoms with Crippen LogP contribution in [0.5, 0.6) is 0 Å². The molecule has 1 fully saturated rings. The molecule has 2 amide bonds. The number of carbonyl (C=O) groups excluding carboxylic acids is 2. The third-order valence-electron chi connectivity index (χ3n) is 6.10. The predicted octanol–water partition coefficient (Wildman–Crippen LogP) is 3.69. The summed E-state index contributed by atoms with van der Waals surface area (Å²) in [6.07, 6.45) is 0. The Kier molecular flexibility index (Phi) is 5.34. The van der Waals surface area contributed by atoms with Gasteiger partial charge in [-0.3, -0.25) is 24.6 Å². The Morgan fingerprint density at radius 1 is 1.03 bits per heavy atom. The van der Waals surface area contributed by atoms with Crippen molar-refractivity contribution in [3.05, 3.63) is 98.6 Å². The van der Waals surface area contributed by atoms with Gasteiger partial charge in [-0.15, -0.1) is 0 Å². The highest BCUT2D eigenvalue weighted by molar-refractivity contribution is 7.94. The predicted molar refractivity (Wildman–Crippen MR) is 125 cm³/mol. The zero-order valence-corrected chi connectivity index (χ0v) is 19.6. The summed E-state index contributed by atoms with van der Waals surface area (Å²) in [7, 11) is -4.67. The highest BCUT2D eigenvalue weighted by Crippen LogP contribution is 2.53. The molecule has 2 aliphatic heterocycles. The van der Waals surface area contributed by atoms with Crippen molar-refractivity contribution >= 4 is 50.3 Å². The maximum atomic E-state index is 14.1. The lowest BCUT2D eigenvalue weighted by molar-refractivity contribution is -0.384. The number of non-ortho nitro benzene ring substituents is 1. The fourth-order valence-electron chi connectivity index (χ4n) is 4.64. The molecule has 2 heterocycles. The maximum absolute atomic E-state index is 14.1. The molecule has 0 unspecified atom stereocenters. The van der Waals surface area contributed by atoms with Crippen LogP contribution >= 0.6 is 11.6 Å². The molecular weight excluding hydrogens is 520 g/mol. The van der Waals surface area contributed by atoms with Crippen LogP contribution in [0, 0.1) is 21.7 Å². The van der Waals surface area contributed by atoms with Gasteiger partial charge in [-0.1, -0.05) is 23.7 Å². The third-order valence-corrected chi connectivity index (χ3v) is 8.44. The monoisotopic (exact) mass is 533 g/mol. The number of nitro benzene ring substituents is 1. The van der Waals surface area contributed by atoms with E-state index >= 15 is 0 Å². The van der Waals surface area contributed by atoms with E-state index in [4.69, 9.17) is 11.6 Å². The zero-order valence-electron chi connectivity index (χ0n) is 18.0. The topological polar surface area (TPSA) is 118 Å². The van der Waals surface area contributed by atoms with E-state index in [-0.39, 0.29) is 17.8 Å². The summed E-state index contributed by atoms with van der Waals surface area (Å²) in [4.78, 5) is 36.7. The number of anilines is 2. The molecule has 0 bridgehead atoms. The van der Waals surface area contributed by atoms with E-state index in [1.54, 1.807) is 24.3 Å². The molecule has 1 saturated heterocycles. The lowest BCUT2D eigenvalue weighted by atomic mass is 10.0. The van der Waals surface area contributed by atoms with Crippen LogP contribution in [0.3, 0.4) is 0 Å². The molecule has 0 saturated carbocycles. The Bertz CT molecular complexity index is 1600. The standard InChI is InChI=1S/C23H14ClF2N3O6S/c24-14-3-1-2-13(8-14)11-27-20-7-5-16(29(32)33)9-17(20)23(22(27)31)28(21(30)12-36(23,34)35)15-4-6-18(25)19(26)10-15/h1-10H,11-12H2/t23-/m1/s1. The number of nitro groups is 1. The molecule has 0 aliphatic carbocycles. The molecule has 184 valence electrons. The first-order valence-corrected chi connectivity index (χ1v) is 12.4. The number of nitrogens with zero attached hydrogens (tertiary/aromatic N) is 3. The number of hydrogen-bond acceptors (Lipinski definition) is 6. The van der Waals surface area contributed by atoms with Crippen LogP contribution in [-0.4, -0.2) is 30.9 Å². The average Bonchev–Trinajstić information content (AvgIpc) is 3.18. The van der Waals surface area contributed by atoms with Gasteiger partial charge in [-0.05, 0) is 35.9 Å². The van der Waals surface area contributed by atoms with Crippen LogP contribution in [0.2, 0.25) is 5.02 Å². The largest absolute Gasteiger partial charge is 0.304 e. The van der Waals surface area contributed by atoms with Crippen LogP contribution in [0.15, 0.2) is 60.7 Å². The molecule has 5 rings (SSSR count). The van der Waals surface area contributed by atoms with Crippen LogP contribution in [0.1, 0.15) is 11.1 Å². The Morgan fingerprint density at radius 2 is 1.78 bits per heavy atom. The Balaban J connectivity index is 1.80. The van der Waals surface area contributed by atoms with Gasteiger partial charge in [-0.2, -0.15) is 0 Å². The van der Waals surface area contributed by atoms with E-state index in [2.05, 4.69) is 0 Å². The third kappa shape index (κ3) is 3.28. The minimum absolute atomic E-state index is 0.0106. The number of amides is 2. The van der Waals surface area contributed by atoms with Crippen LogP contribution in [0.25, 0.3) is 0 Å². The number of benzene rings is 3. The fraction of sp³-hybridized carbons (Fsp3) is 0.130. The summed E-state index contributed by atoms with van der Waals surface area (Å²) in [5, 5.41) is 11.9. The molecular formula is C23H14ClF2N3O6S. The summed E-state index contributed by atoms with van der Waals surface area (Å²) in [5.74, 6) is -5.91. The molecule has 2 aliphatic rings. The minimum atomic E-state index is -4.67. The van der Waals surface area contributed by atoms with Crippen molar-refractivity contribution in [1.29, 1.82) is 0 Å². The average molecular weight is 534 g/mol. The number of halogens is 3. The van der Waals surface area contributed by atoms with Gasteiger partial charge in [0.1, 0.15) is 5.75 Å². The molecule has 0 N–H and O–H groups in total. The first-order valence-electron chi connectivity index (χ1n) is 10.3. The molecule has 3 aromatic carbocycles. The Morgan fingerprint density at radius 3 is 2.44 bits per heavy atom.